The Morgan fingerprint density at radius 3 is 2.56 bits per heavy atom. The molecule has 0 bridgehead atoms. The van der Waals surface area contributed by atoms with Crippen molar-refractivity contribution in [3.05, 3.63) is 59.7 Å². The molecule has 0 unspecified atom stereocenters. The number of rotatable bonds is 4. The van der Waals surface area contributed by atoms with E-state index >= 15 is 0 Å². The Labute approximate surface area is 151 Å². The molecule has 0 aliphatic carbocycles. The molecule has 2 rings (SSSR count). The Morgan fingerprint density at radius 1 is 1.07 bits per heavy atom. The fourth-order valence-corrected chi connectivity index (χ4v) is 1.89. The van der Waals surface area contributed by atoms with Crippen LogP contribution in [-0.2, 0) is 6.18 Å². The molecule has 9 heteroatoms. The maximum atomic E-state index is 13.3. The number of halogens is 5. The van der Waals surface area contributed by atoms with E-state index in [9.17, 15) is 26.7 Å². The summed E-state index contributed by atoms with van der Waals surface area (Å²) >= 11 is 0. The molecule has 2 aromatic carbocycles. The van der Waals surface area contributed by atoms with Crippen LogP contribution >= 0.6 is 0 Å². The van der Waals surface area contributed by atoms with E-state index < -0.39 is 29.4 Å². The molecule has 2 aromatic rings. The number of alkyl halides is 3. The fourth-order valence-electron chi connectivity index (χ4n) is 1.89. The second-order valence-electron chi connectivity index (χ2n) is 5.10. The van der Waals surface area contributed by atoms with Gasteiger partial charge in [0.05, 0.1) is 12.1 Å². The van der Waals surface area contributed by atoms with Crippen molar-refractivity contribution in [3.8, 4) is 17.6 Å². The van der Waals surface area contributed by atoms with Gasteiger partial charge in [-0.25, -0.2) is 13.6 Å². The molecule has 0 atom stereocenters. The van der Waals surface area contributed by atoms with E-state index in [0.717, 1.165) is 24.3 Å². The van der Waals surface area contributed by atoms with Crippen LogP contribution in [-0.4, -0.2) is 19.2 Å². The average Bonchev–Trinajstić information content (AvgIpc) is 2.59. The smallest absolute Gasteiger partial charge is 0.416 e. The lowest BCUT2D eigenvalue weighted by atomic mass is 10.2. The number of amides is 2. The third kappa shape index (κ3) is 6.51. The van der Waals surface area contributed by atoms with E-state index in [1.807, 2.05) is 0 Å². The van der Waals surface area contributed by atoms with Gasteiger partial charge in [-0.2, -0.15) is 13.2 Å². The number of ether oxygens (including phenoxy) is 1. The first-order valence-electron chi connectivity index (χ1n) is 7.51. The highest BCUT2D eigenvalue weighted by molar-refractivity contribution is 5.89. The van der Waals surface area contributed by atoms with Crippen LogP contribution in [0.1, 0.15) is 5.56 Å². The summed E-state index contributed by atoms with van der Waals surface area (Å²) in [6.45, 7) is -0.306. The van der Waals surface area contributed by atoms with E-state index in [2.05, 4.69) is 22.5 Å². The molecular weight excluding hydrogens is 371 g/mol. The minimum Gasteiger partial charge on any atom is -0.478 e. The summed E-state index contributed by atoms with van der Waals surface area (Å²) < 4.78 is 68.8. The minimum atomic E-state index is -4.51. The molecular formula is C18H13F5N2O2. The highest BCUT2D eigenvalue weighted by Crippen LogP contribution is 2.30. The van der Waals surface area contributed by atoms with Gasteiger partial charge in [-0.3, -0.25) is 0 Å². The van der Waals surface area contributed by atoms with Gasteiger partial charge in [0.1, 0.15) is 12.4 Å². The summed E-state index contributed by atoms with van der Waals surface area (Å²) in [5.74, 6) is 3.25. The minimum absolute atomic E-state index is 0.0228. The van der Waals surface area contributed by atoms with E-state index in [1.165, 1.54) is 12.1 Å². The molecule has 0 fully saturated rings. The Bertz CT molecular complexity index is 872. The molecule has 142 valence electrons. The number of anilines is 1. The van der Waals surface area contributed by atoms with E-state index in [-0.39, 0.29) is 24.6 Å². The van der Waals surface area contributed by atoms with Gasteiger partial charge in [-0.05, 0) is 30.3 Å². The van der Waals surface area contributed by atoms with Crippen molar-refractivity contribution in [2.45, 2.75) is 6.18 Å². The van der Waals surface area contributed by atoms with Crippen molar-refractivity contribution in [1.29, 1.82) is 0 Å². The summed E-state index contributed by atoms with van der Waals surface area (Å²) in [6, 6.07) is 6.25. The van der Waals surface area contributed by atoms with Gasteiger partial charge in [0.25, 0.3) is 0 Å². The normalized spacial score (nSPS) is 10.6. The molecule has 27 heavy (non-hydrogen) atoms. The number of hydrogen-bond acceptors (Lipinski definition) is 2. The summed E-state index contributed by atoms with van der Waals surface area (Å²) in [4.78, 5) is 11.6. The van der Waals surface area contributed by atoms with Crippen LogP contribution in [0.2, 0.25) is 0 Å². The van der Waals surface area contributed by atoms with Crippen LogP contribution in [0, 0.1) is 23.5 Å². The van der Waals surface area contributed by atoms with E-state index in [1.54, 1.807) is 0 Å². The Hall–Kier alpha value is -3.28. The maximum absolute atomic E-state index is 13.3. The molecule has 4 nitrogen and oxygen atoms in total. The van der Waals surface area contributed by atoms with Crippen molar-refractivity contribution in [2.75, 3.05) is 18.5 Å². The molecule has 0 saturated heterocycles. The Balaban J connectivity index is 1.76. The van der Waals surface area contributed by atoms with Crippen molar-refractivity contribution < 1.29 is 31.5 Å². The zero-order valence-electron chi connectivity index (χ0n) is 13.7. The third-order valence-corrected chi connectivity index (χ3v) is 3.10. The van der Waals surface area contributed by atoms with Crippen molar-refractivity contribution >= 4 is 11.7 Å². The lowest BCUT2D eigenvalue weighted by Gasteiger charge is -2.09. The maximum Gasteiger partial charge on any atom is 0.416 e. The van der Waals surface area contributed by atoms with Crippen LogP contribution in [0.3, 0.4) is 0 Å². The second kappa shape index (κ2) is 8.89. The quantitative estimate of drug-likeness (QED) is 0.614. The topological polar surface area (TPSA) is 50.4 Å². The van der Waals surface area contributed by atoms with E-state index in [4.69, 9.17) is 4.74 Å². The van der Waals surface area contributed by atoms with Gasteiger partial charge >= 0.3 is 12.2 Å². The second-order valence-corrected chi connectivity index (χ2v) is 5.10. The third-order valence-electron chi connectivity index (χ3n) is 3.10. The van der Waals surface area contributed by atoms with Gasteiger partial charge in [-0.15, -0.1) is 0 Å². The van der Waals surface area contributed by atoms with Gasteiger partial charge in [0.15, 0.2) is 11.6 Å². The molecule has 2 N–H and O–H groups in total. The Kier molecular flexibility index (Phi) is 6.60. The van der Waals surface area contributed by atoms with Crippen LogP contribution < -0.4 is 15.4 Å². The highest BCUT2D eigenvalue weighted by atomic mass is 19.4. The fraction of sp³-hybridized carbons (Fsp3) is 0.167. The number of urea groups is 1. The summed E-state index contributed by atoms with van der Waals surface area (Å²) in [6.07, 6.45) is -4.51. The number of benzene rings is 2. The van der Waals surface area contributed by atoms with Crippen LogP contribution in [0.15, 0.2) is 42.5 Å². The van der Waals surface area contributed by atoms with Gasteiger partial charge in [0.2, 0.25) is 0 Å². The zero-order chi connectivity index (χ0) is 19.9. The molecule has 0 aliphatic rings. The summed E-state index contributed by atoms with van der Waals surface area (Å²) in [7, 11) is 0. The van der Waals surface area contributed by atoms with E-state index in [0.29, 0.717) is 6.07 Å². The largest absolute Gasteiger partial charge is 0.478 e. The van der Waals surface area contributed by atoms with Crippen molar-refractivity contribution in [3.63, 3.8) is 0 Å². The zero-order valence-corrected chi connectivity index (χ0v) is 13.7. The molecule has 0 spiro atoms. The van der Waals surface area contributed by atoms with Crippen molar-refractivity contribution in [1.82, 2.24) is 5.32 Å². The monoisotopic (exact) mass is 384 g/mol. The lowest BCUT2D eigenvalue weighted by molar-refractivity contribution is -0.137. The first-order chi connectivity index (χ1) is 12.8. The Morgan fingerprint density at radius 2 is 1.85 bits per heavy atom. The number of carbonyl (C=O) groups excluding carboxylic acids is 1. The molecule has 2 amide bonds. The standard InChI is InChI=1S/C18H13F5N2O2/c19-13-6-7-16(15(20)11-13)27-9-2-1-8-24-17(26)25-14-5-3-4-12(10-14)18(21,22)23/h3-7,10-11H,8-9H2,(H2,24,25,26). The lowest BCUT2D eigenvalue weighted by Crippen LogP contribution is -2.29. The average molecular weight is 384 g/mol. The predicted octanol–water partition coefficient (Wildman–Crippen LogP) is 4.19. The number of nitrogens with one attached hydrogen (secondary N) is 2. The van der Waals surface area contributed by atoms with Gasteiger partial charge < -0.3 is 15.4 Å². The summed E-state index contributed by atoms with van der Waals surface area (Å²) in [5.41, 5.74) is -0.907. The van der Waals surface area contributed by atoms with Crippen molar-refractivity contribution in [2.24, 2.45) is 0 Å². The molecule has 0 aromatic heterocycles. The van der Waals surface area contributed by atoms with Gasteiger partial charge in [-0.1, -0.05) is 17.9 Å². The molecule has 0 saturated carbocycles. The van der Waals surface area contributed by atoms with Crippen LogP contribution in [0.25, 0.3) is 0 Å². The highest BCUT2D eigenvalue weighted by Gasteiger charge is 2.30. The van der Waals surface area contributed by atoms with Crippen LogP contribution in [0.4, 0.5) is 32.4 Å². The number of carbonyl (C=O) groups is 1. The predicted molar refractivity (Wildman–Crippen MR) is 88.1 cm³/mol. The van der Waals surface area contributed by atoms with Gasteiger partial charge in [0, 0.05) is 11.8 Å². The molecule has 0 aliphatic heterocycles. The number of hydrogen-bond donors (Lipinski definition) is 2. The first-order valence-corrected chi connectivity index (χ1v) is 7.51. The summed E-state index contributed by atoms with van der Waals surface area (Å²) in [5, 5.41) is 4.57. The first kappa shape index (κ1) is 20.0. The molecule has 0 radical (unpaired) electrons. The SMILES string of the molecule is O=C(NCC#CCOc1ccc(F)cc1F)Nc1cccc(C(F)(F)F)c1. The molecule has 0 heterocycles. The van der Waals surface area contributed by atoms with Crippen LogP contribution in [0.5, 0.6) is 5.75 Å².